The Bertz CT molecular complexity index is 570. The minimum absolute atomic E-state index is 0.448. The van der Waals surface area contributed by atoms with Gasteiger partial charge in [0.2, 0.25) is 5.88 Å². The molecule has 0 atom stereocenters. The first-order chi connectivity index (χ1) is 9.61. The lowest BCUT2D eigenvalue weighted by Gasteiger charge is -2.09. The summed E-state index contributed by atoms with van der Waals surface area (Å²) in [7, 11) is 0. The molecule has 5 heteroatoms. The molecule has 4 nitrogen and oxygen atoms in total. The van der Waals surface area contributed by atoms with Crippen LogP contribution in [0.1, 0.15) is 32.3 Å². The largest absolute Gasteiger partial charge is 0.476 e. The highest BCUT2D eigenvalue weighted by atomic mass is 32.2. The van der Waals surface area contributed by atoms with E-state index in [9.17, 15) is 0 Å². The zero-order valence-corrected chi connectivity index (χ0v) is 12.8. The summed E-state index contributed by atoms with van der Waals surface area (Å²) >= 11 is 1.52. The van der Waals surface area contributed by atoms with Crippen LogP contribution in [0.15, 0.2) is 40.5 Å². The average Bonchev–Trinajstić information content (AvgIpc) is 2.44. The summed E-state index contributed by atoms with van der Waals surface area (Å²) in [5, 5.41) is 0.723. The van der Waals surface area contributed by atoms with Gasteiger partial charge in [0.25, 0.3) is 0 Å². The van der Waals surface area contributed by atoms with Gasteiger partial charge in [-0.3, -0.25) is 0 Å². The predicted octanol–water partition coefficient (Wildman–Crippen LogP) is 3.73. The van der Waals surface area contributed by atoms with Crippen LogP contribution in [0.4, 0.5) is 5.69 Å². The molecule has 0 aliphatic carbocycles. The molecule has 0 bridgehead atoms. The van der Waals surface area contributed by atoms with Gasteiger partial charge in [0.05, 0.1) is 6.61 Å². The first kappa shape index (κ1) is 14.7. The van der Waals surface area contributed by atoms with Crippen molar-refractivity contribution in [3.05, 3.63) is 36.2 Å². The molecule has 2 aromatic rings. The molecule has 0 aliphatic heterocycles. The van der Waals surface area contributed by atoms with Crippen molar-refractivity contribution in [1.29, 1.82) is 0 Å². The van der Waals surface area contributed by atoms with E-state index in [1.165, 1.54) is 23.7 Å². The van der Waals surface area contributed by atoms with Crippen molar-refractivity contribution in [3.8, 4) is 5.88 Å². The first-order valence-electron chi connectivity index (χ1n) is 6.63. The molecule has 0 spiro atoms. The number of nitrogens with two attached hydrogens (primary N) is 1. The van der Waals surface area contributed by atoms with Crippen molar-refractivity contribution < 1.29 is 4.74 Å². The molecule has 1 heterocycles. The summed E-state index contributed by atoms with van der Waals surface area (Å²) in [5.74, 6) is 0.978. The van der Waals surface area contributed by atoms with E-state index in [0.29, 0.717) is 24.1 Å². The number of anilines is 1. The minimum Gasteiger partial charge on any atom is -0.476 e. The molecule has 106 valence electrons. The van der Waals surface area contributed by atoms with Crippen molar-refractivity contribution in [2.45, 2.75) is 36.6 Å². The van der Waals surface area contributed by atoms with Gasteiger partial charge in [-0.25, -0.2) is 4.98 Å². The molecule has 2 N–H and O–H groups in total. The Morgan fingerprint density at radius 2 is 1.90 bits per heavy atom. The Morgan fingerprint density at radius 3 is 2.50 bits per heavy atom. The zero-order chi connectivity index (χ0) is 14.5. The maximum Gasteiger partial charge on any atom is 0.241 e. The molecule has 0 unspecified atom stereocenters. The molecular formula is C15H19N3OS. The van der Waals surface area contributed by atoms with Gasteiger partial charge in [-0.15, -0.1) is 0 Å². The quantitative estimate of drug-likeness (QED) is 0.850. The number of aromatic nitrogens is 2. The van der Waals surface area contributed by atoms with E-state index in [0.717, 1.165) is 9.92 Å². The smallest absolute Gasteiger partial charge is 0.241 e. The molecule has 0 saturated carbocycles. The van der Waals surface area contributed by atoms with E-state index in [1.807, 2.05) is 6.92 Å². The Labute approximate surface area is 123 Å². The van der Waals surface area contributed by atoms with Gasteiger partial charge < -0.3 is 10.5 Å². The van der Waals surface area contributed by atoms with Crippen molar-refractivity contribution in [1.82, 2.24) is 9.97 Å². The zero-order valence-electron chi connectivity index (χ0n) is 12.0. The van der Waals surface area contributed by atoms with Crippen LogP contribution >= 0.6 is 11.8 Å². The number of nitrogens with zero attached hydrogens (tertiary/aromatic N) is 2. The highest BCUT2D eigenvalue weighted by Crippen LogP contribution is 2.34. The molecular weight excluding hydrogens is 270 g/mol. The van der Waals surface area contributed by atoms with Crippen LogP contribution in [-0.4, -0.2) is 16.6 Å². The number of hydrogen-bond donors (Lipinski definition) is 1. The van der Waals surface area contributed by atoms with Gasteiger partial charge >= 0.3 is 0 Å². The lowest BCUT2D eigenvalue weighted by Crippen LogP contribution is -2.02. The van der Waals surface area contributed by atoms with E-state index >= 15 is 0 Å². The third kappa shape index (κ3) is 3.42. The van der Waals surface area contributed by atoms with Gasteiger partial charge in [0.1, 0.15) is 17.0 Å². The molecule has 20 heavy (non-hydrogen) atoms. The molecule has 0 aliphatic rings. The van der Waals surface area contributed by atoms with Crippen LogP contribution in [0.5, 0.6) is 5.88 Å². The van der Waals surface area contributed by atoms with E-state index < -0.39 is 0 Å². The molecule has 0 fully saturated rings. The van der Waals surface area contributed by atoms with Crippen LogP contribution in [-0.2, 0) is 0 Å². The highest BCUT2D eigenvalue weighted by molar-refractivity contribution is 7.99. The second kappa shape index (κ2) is 6.61. The second-order valence-corrected chi connectivity index (χ2v) is 5.72. The van der Waals surface area contributed by atoms with Gasteiger partial charge in [-0.2, -0.15) is 4.98 Å². The summed E-state index contributed by atoms with van der Waals surface area (Å²) < 4.78 is 5.38. The van der Waals surface area contributed by atoms with Gasteiger partial charge in [0, 0.05) is 4.90 Å². The summed E-state index contributed by atoms with van der Waals surface area (Å²) in [4.78, 5) is 9.36. The summed E-state index contributed by atoms with van der Waals surface area (Å²) in [6, 6.07) is 8.44. The van der Waals surface area contributed by atoms with Crippen LogP contribution in [0.2, 0.25) is 0 Å². The number of rotatable bonds is 5. The van der Waals surface area contributed by atoms with Crippen LogP contribution < -0.4 is 10.5 Å². The van der Waals surface area contributed by atoms with Gasteiger partial charge in [0.15, 0.2) is 0 Å². The molecule has 1 aromatic heterocycles. The molecule has 0 amide bonds. The monoisotopic (exact) mass is 289 g/mol. The van der Waals surface area contributed by atoms with Crippen LogP contribution in [0.3, 0.4) is 0 Å². The fraction of sp³-hybridized carbons (Fsp3) is 0.333. The molecule has 2 rings (SSSR count). The topological polar surface area (TPSA) is 61.0 Å². The van der Waals surface area contributed by atoms with Crippen molar-refractivity contribution in [3.63, 3.8) is 0 Å². The summed E-state index contributed by atoms with van der Waals surface area (Å²) in [6.07, 6.45) is 1.48. The Hall–Kier alpha value is -1.75. The van der Waals surface area contributed by atoms with E-state index in [1.54, 1.807) is 0 Å². The molecule has 0 radical (unpaired) electrons. The van der Waals surface area contributed by atoms with E-state index in [-0.39, 0.29) is 0 Å². The Balaban J connectivity index is 2.19. The summed E-state index contributed by atoms with van der Waals surface area (Å²) in [6.45, 7) is 6.80. The fourth-order valence-electron chi connectivity index (χ4n) is 1.73. The van der Waals surface area contributed by atoms with Crippen molar-refractivity contribution >= 4 is 17.4 Å². The molecule has 1 aromatic carbocycles. The third-order valence-corrected chi connectivity index (χ3v) is 3.88. The standard InChI is InChI=1S/C15H19N3OS/c1-4-19-14-13(16)15(18-9-17-14)20-12-7-5-11(6-8-12)10(2)3/h5-10H,4,16H2,1-3H3. The lowest BCUT2D eigenvalue weighted by atomic mass is 10.0. The maximum absolute atomic E-state index is 6.02. The number of ether oxygens (including phenoxy) is 1. The van der Waals surface area contributed by atoms with E-state index in [4.69, 9.17) is 10.5 Å². The van der Waals surface area contributed by atoms with Crippen LogP contribution in [0, 0.1) is 0 Å². The third-order valence-electron chi connectivity index (χ3n) is 2.85. The fourth-order valence-corrected chi connectivity index (χ4v) is 2.52. The van der Waals surface area contributed by atoms with Crippen LogP contribution in [0.25, 0.3) is 0 Å². The Morgan fingerprint density at radius 1 is 1.20 bits per heavy atom. The maximum atomic E-state index is 6.02. The summed E-state index contributed by atoms with van der Waals surface area (Å²) in [5.41, 5.74) is 7.84. The molecule has 0 saturated heterocycles. The first-order valence-corrected chi connectivity index (χ1v) is 7.44. The van der Waals surface area contributed by atoms with Crippen molar-refractivity contribution in [2.24, 2.45) is 0 Å². The van der Waals surface area contributed by atoms with Crippen molar-refractivity contribution in [2.75, 3.05) is 12.3 Å². The lowest BCUT2D eigenvalue weighted by molar-refractivity contribution is 0.327. The second-order valence-electron chi connectivity index (χ2n) is 4.66. The van der Waals surface area contributed by atoms with Gasteiger partial charge in [-0.1, -0.05) is 37.7 Å². The SMILES string of the molecule is CCOc1ncnc(Sc2ccc(C(C)C)cc2)c1N. The average molecular weight is 289 g/mol. The Kier molecular flexibility index (Phi) is 4.84. The predicted molar refractivity (Wildman–Crippen MR) is 82.3 cm³/mol. The normalized spacial score (nSPS) is 10.8. The number of hydrogen-bond acceptors (Lipinski definition) is 5. The van der Waals surface area contributed by atoms with E-state index in [2.05, 4.69) is 48.1 Å². The number of benzene rings is 1. The highest BCUT2D eigenvalue weighted by Gasteiger charge is 2.10. The van der Waals surface area contributed by atoms with Gasteiger partial charge in [-0.05, 0) is 30.5 Å². The minimum atomic E-state index is 0.448. The number of nitrogen functional groups attached to an aromatic ring is 1.